The number of ether oxygens (including phenoxy) is 2. The SMILES string of the molecule is COc1ccc(NC(=O)[C@H](CC(C)C)NC(=O)[C@H](C)NC(=O)OCC2c3ccccc3-c3ccccc32)cc1. The van der Waals surface area contributed by atoms with Crippen LogP contribution in [0.2, 0.25) is 0 Å². The summed E-state index contributed by atoms with van der Waals surface area (Å²) < 4.78 is 10.7. The fourth-order valence-electron chi connectivity index (χ4n) is 4.79. The van der Waals surface area contributed by atoms with Crippen molar-refractivity contribution in [3.05, 3.63) is 83.9 Å². The average molecular weight is 530 g/mol. The number of alkyl carbamates (subject to hydrolysis) is 1. The zero-order valence-electron chi connectivity index (χ0n) is 22.7. The molecule has 0 saturated heterocycles. The zero-order chi connectivity index (χ0) is 27.9. The molecule has 8 heteroatoms. The molecule has 0 radical (unpaired) electrons. The van der Waals surface area contributed by atoms with Gasteiger partial charge in [0, 0.05) is 11.6 Å². The highest BCUT2D eigenvalue weighted by Gasteiger charge is 2.30. The molecule has 4 rings (SSSR count). The molecule has 3 amide bonds. The van der Waals surface area contributed by atoms with Crippen LogP contribution in [-0.2, 0) is 14.3 Å². The topological polar surface area (TPSA) is 106 Å². The van der Waals surface area contributed by atoms with Gasteiger partial charge < -0.3 is 25.4 Å². The number of anilines is 1. The van der Waals surface area contributed by atoms with Crippen LogP contribution in [0.5, 0.6) is 5.75 Å². The standard InChI is InChI=1S/C31H35N3O5/c1-19(2)17-28(30(36)33-21-13-15-22(38-4)16-14-21)34-29(35)20(3)32-31(37)39-18-27-25-11-7-5-9-23(25)24-10-6-8-12-26(24)27/h5-16,19-20,27-28H,17-18H2,1-4H3,(H,32,37)(H,33,36)(H,34,35)/t20-,28-/m0/s1. The van der Waals surface area contributed by atoms with Gasteiger partial charge in [0.25, 0.3) is 0 Å². The first-order chi connectivity index (χ1) is 18.8. The monoisotopic (exact) mass is 529 g/mol. The van der Waals surface area contributed by atoms with Gasteiger partial charge in [-0.15, -0.1) is 0 Å². The van der Waals surface area contributed by atoms with E-state index in [1.54, 1.807) is 38.3 Å². The van der Waals surface area contributed by atoms with Crippen LogP contribution in [0.1, 0.15) is 44.2 Å². The summed E-state index contributed by atoms with van der Waals surface area (Å²) in [5, 5.41) is 8.20. The van der Waals surface area contributed by atoms with Gasteiger partial charge in [0.15, 0.2) is 0 Å². The number of amides is 3. The van der Waals surface area contributed by atoms with Gasteiger partial charge >= 0.3 is 6.09 Å². The second kappa shape index (κ2) is 12.5. The van der Waals surface area contributed by atoms with Crippen LogP contribution in [0.3, 0.4) is 0 Å². The van der Waals surface area contributed by atoms with E-state index in [-0.39, 0.29) is 24.3 Å². The summed E-state index contributed by atoms with van der Waals surface area (Å²) in [6, 6.07) is 21.4. The van der Waals surface area contributed by atoms with E-state index in [9.17, 15) is 14.4 Å². The number of hydrogen-bond acceptors (Lipinski definition) is 5. The van der Waals surface area contributed by atoms with Crippen molar-refractivity contribution in [2.75, 3.05) is 19.0 Å². The smallest absolute Gasteiger partial charge is 0.407 e. The largest absolute Gasteiger partial charge is 0.497 e. The average Bonchev–Trinajstić information content (AvgIpc) is 3.25. The Morgan fingerprint density at radius 2 is 1.38 bits per heavy atom. The van der Waals surface area contributed by atoms with Crippen molar-refractivity contribution in [3.8, 4) is 16.9 Å². The van der Waals surface area contributed by atoms with Crippen LogP contribution in [0, 0.1) is 5.92 Å². The van der Waals surface area contributed by atoms with Crippen molar-refractivity contribution < 1.29 is 23.9 Å². The first-order valence-corrected chi connectivity index (χ1v) is 13.1. The van der Waals surface area contributed by atoms with E-state index in [0.717, 1.165) is 22.3 Å². The summed E-state index contributed by atoms with van der Waals surface area (Å²) >= 11 is 0. The van der Waals surface area contributed by atoms with Crippen LogP contribution in [0.4, 0.5) is 10.5 Å². The molecule has 0 unspecified atom stereocenters. The lowest BCUT2D eigenvalue weighted by Gasteiger charge is -2.23. The van der Waals surface area contributed by atoms with Crippen LogP contribution < -0.4 is 20.7 Å². The van der Waals surface area contributed by atoms with E-state index in [2.05, 4.69) is 28.1 Å². The number of benzene rings is 3. The Kier molecular flexibility index (Phi) is 8.86. The summed E-state index contributed by atoms with van der Waals surface area (Å²) in [6.07, 6.45) is -0.256. The maximum Gasteiger partial charge on any atom is 0.407 e. The number of carbonyl (C=O) groups excluding carboxylic acids is 3. The van der Waals surface area contributed by atoms with Gasteiger partial charge in [-0.2, -0.15) is 0 Å². The van der Waals surface area contributed by atoms with Gasteiger partial charge in [0.2, 0.25) is 11.8 Å². The van der Waals surface area contributed by atoms with E-state index >= 15 is 0 Å². The summed E-state index contributed by atoms with van der Waals surface area (Å²) in [5.41, 5.74) is 5.08. The molecular weight excluding hydrogens is 494 g/mol. The van der Waals surface area contributed by atoms with Crippen molar-refractivity contribution in [2.45, 2.75) is 45.2 Å². The minimum absolute atomic E-state index is 0.0793. The number of nitrogens with one attached hydrogen (secondary N) is 3. The van der Waals surface area contributed by atoms with Gasteiger partial charge in [0.05, 0.1) is 7.11 Å². The Labute approximate surface area is 229 Å². The fourth-order valence-corrected chi connectivity index (χ4v) is 4.79. The van der Waals surface area contributed by atoms with Crippen molar-refractivity contribution in [3.63, 3.8) is 0 Å². The Bertz CT molecular complexity index is 1280. The zero-order valence-corrected chi connectivity index (χ0v) is 22.7. The highest BCUT2D eigenvalue weighted by molar-refractivity contribution is 5.98. The van der Waals surface area contributed by atoms with Crippen molar-refractivity contribution in [2.24, 2.45) is 5.92 Å². The second-order valence-corrected chi connectivity index (χ2v) is 10.1. The van der Waals surface area contributed by atoms with Crippen LogP contribution in [0.25, 0.3) is 11.1 Å². The van der Waals surface area contributed by atoms with Gasteiger partial charge in [-0.25, -0.2) is 4.79 Å². The Hall–Kier alpha value is -4.33. The van der Waals surface area contributed by atoms with Crippen LogP contribution in [-0.4, -0.2) is 43.7 Å². The lowest BCUT2D eigenvalue weighted by atomic mass is 9.98. The molecular formula is C31H35N3O5. The molecule has 2 atom stereocenters. The molecule has 0 saturated carbocycles. The molecule has 3 aromatic rings. The fraction of sp³-hybridized carbons (Fsp3) is 0.323. The van der Waals surface area contributed by atoms with Gasteiger partial charge in [0.1, 0.15) is 24.4 Å². The number of rotatable bonds is 10. The van der Waals surface area contributed by atoms with E-state index in [0.29, 0.717) is 17.9 Å². The summed E-state index contributed by atoms with van der Waals surface area (Å²) in [5.74, 6) is -0.0607. The van der Waals surface area contributed by atoms with Crippen LogP contribution in [0.15, 0.2) is 72.8 Å². The molecule has 3 aromatic carbocycles. The third-order valence-corrected chi connectivity index (χ3v) is 6.77. The van der Waals surface area contributed by atoms with Crippen molar-refractivity contribution in [1.29, 1.82) is 0 Å². The molecule has 39 heavy (non-hydrogen) atoms. The highest BCUT2D eigenvalue weighted by atomic mass is 16.5. The molecule has 8 nitrogen and oxygen atoms in total. The van der Waals surface area contributed by atoms with Crippen molar-refractivity contribution >= 4 is 23.6 Å². The molecule has 0 heterocycles. The molecule has 0 spiro atoms. The number of fused-ring (bicyclic) bond motifs is 3. The minimum atomic E-state index is -0.899. The predicted octanol–water partition coefficient (Wildman–Crippen LogP) is 5.09. The normalized spacial score (nSPS) is 13.6. The quantitative estimate of drug-likeness (QED) is 0.339. The number of hydrogen-bond donors (Lipinski definition) is 3. The molecule has 1 aliphatic carbocycles. The van der Waals surface area contributed by atoms with Crippen molar-refractivity contribution in [1.82, 2.24) is 10.6 Å². The lowest BCUT2D eigenvalue weighted by molar-refractivity contribution is -0.127. The first-order valence-electron chi connectivity index (χ1n) is 13.1. The van der Waals surface area contributed by atoms with Gasteiger partial charge in [-0.1, -0.05) is 62.4 Å². The summed E-state index contributed by atoms with van der Waals surface area (Å²) in [7, 11) is 1.57. The van der Waals surface area contributed by atoms with Gasteiger partial charge in [-0.05, 0) is 65.8 Å². The minimum Gasteiger partial charge on any atom is -0.497 e. The number of carbonyl (C=O) groups is 3. The lowest BCUT2D eigenvalue weighted by Crippen LogP contribution is -2.52. The molecule has 1 aliphatic rings. The maximum absolute atomic E-state index is 13.0. The Balaban J connectivity index is 1.33. The van der Waals surface area contributed by atoms with E-state index in [1.807, 2.05) is 50.2 Å². The van der Waals surface area contributed by atoms with E-state index < -0.39 is 24.1 Å². The summed E-state index contributed by atoms with van der Waals surface area (Å²) in [4.78, 5) is 38.5. The Morgan fingerprint density at radius 1 is 0.795 bits per heavy atom. The molecule has 204 valence electrons. The molecule has 0 bridgehead atoms. The molecule has 0 aromatic heterocycles. The maximum atomic E-state index is 13.0. The second-order valence-electron chi connectivity index (χ2n) is 10.1. The molecule has 0 aliphatic heterocycles. The van der Waals surface area contributed by atoms with E-state index in [4.69, 9.17) is 9.47 Å². The molecule has 0 fully saturated rings. The first kappa shape index (κ1) is 27.7. The third kappa shape index (κ3) is 6.76. The third-order valence-electron chi connectivity index (χ3n) is 6.77. The predicted molar refractivity (Wildman–Crippen MR) is 151 cm³/mol. The molecule has 3 N–H and O–H groups in total. The van der Waals surface area contributed by atoms with Crippen LogP contribution >= 0.6 is 0 Å². The van der Waals surface area contributed by atoms with E-state index in [1.165, 1.54) is 0 Å². The Morgan fingerprint density at radius 3 is 1.95 bits per heavy atom. The number of methoxy groups -OCH3 is 1. The highest BCUT2D eigenvalue weighted by Crippen LogP contribution is 2.44. The van der Waals surface area contributed by atoms with Gasteiger partial charge in [-0.3, -0.25) is 9.59 Å². The summed E-state index contributed by atoms with van der Waals surface area (Å²) in [6.45, 7) is 5.65.